The quantitative estimate of drug-likeness (QED) is 0.628. The van der Waals surface area contributed by atoms with Crippen LogP contribution in [0.4, 0.5) is 0 Å². The zero-order valence-corrected chi connectivity index (χ0v) is 13.9. The summed E-state index contributed by atoms with van der Waals surface area (Å²) in [5.41, 5.74) is 0.663. The normalized spacial score (nSPS) is 10.7. The van der Waals surface area contributed by atoms with Gasteiger partial charge in [-0.15, -0.1) is 11.3 Å². The van der Waals surface area contributed by atoms with Gasteiger partial charge in [-0.25, -0.2) is 4.79 Å². The van der Waals surface area contributed by atoms with E-state index in [1.54, 1.807) is 18.2 Å². The van der Waals surface area contributed by atoms with Crippen LogP contribution in [0.5, 0.6) is 11.5 Å². The number of benzene rings is 1. The second-order valence-electron chi connectivity index (χ2n) is 4.40. The first-order chi connectivity index (χ1) is 11.0. The minimum Gasteiger partial charge on any atom is -0.493 e. The Hall–Kier alpha value is -2.31. The van der Waals surface area contributed by atoms with Crippen molar-refractivity contribution in [1.29, 1.82) is 0 Å². The third kappa shape index (κ3) is 3.91. The summed E-state index contributed by atoms with van der Waals surface area (Å²) in [6.07, 6.45) is 2.94. The summed E-state index contributed by atoms with van der Waals surface area (Å²) in [6, 6.07) is 6.22. The number of allylic oxidation sites excluding steroid dienone is 1. The first-order valence-electron chi connectivity index (χ1n) is 6.43. The monoisotopic (exact) mass is 352 g/mol. The molecule has 7 heteroatoms. The number of hydrogen-bond donors (Lipinski definition) is 1. The molecule has 0 aliphatic carbocycles. The summed E-state index contributed by atoms with van der Waals surface area (Å²) in [7, 11) is 2.98. The molecule has 0 spiro atoms. The largest absolute Gasteiger partial charge is 0.493 e. The Labute approximate surface area is 141 Å². The number of aromatic carboxylic acids is 1. The Balaban J connectivity index is 2.23. The Morgan fingerprint density at radius 3 is 2.43 bits per heavy atom. The second kappa shape index (κ2) is 7.30. The molecular formula is C16H13ClO5S. The highest BCUT2D eigenvalue weighted by Gasteiger charge is 2.12. The number of carboxylic acid groups (broad SMARTS) is 1. The average Bonchev–Trinajstić information content (AvgIpc) is 3.02. The summed E-state index contributed by atoms with van der Waals surface area (Å²) in [5.74, 6) is -0.462. The molecule has 0 aliphatic rings. The molecule has 0 radical (unpaired) electrons. The van der Waals surface area contributed by atoms with Crippen LogP contribution in [-0.2, 0) is 0 Å². The minimum absolute atomic E-state index is 0.121. The van der Waals surface area contributed by atoms with E-state index in [4.69, 9.17) is 26.2 Å². The van der Waals surface area contributed by atoms with Crippen molar-refractivity contribution >= 4 is 40.8 Å². The molecule has 0 atom stereocenters. The van der Waals surface area contributed by atoms with Gasteiger partial charge in [0.25, 0.3) is 0 Å². The third-order valence-electron chi connectivity index (χ3n) is 2.94. The maximum atomic E-state index is 12.1. The first kappa shape index (κ1) is 17.1. The van der Waals surface area contributed by atoms with Gasteiger partial charge in [-0.2, -0.15) is 0 Å². The number of thiophene rings is 1. The molecule has 1 N–H and O–H groups in total. The molecule has 120 valence electrons. The van der Waals surface area contributed by atoms with Gasteiger partial charge in [-0.1, -0.05) is 17.7 Å². The molecular weight excluding hydrogens is 340 g/mol. The predicted molar refractivity (Wildman–Crippen MR) is 89.2 cm³/mol. The predicted octanol–water partition coefficient (Wildman–Crippen LogP) is 4.01. The van der Waals surface area contributed by atoms with Gasteiger partial charge in [0.05, 0.1) is 24.1 Å². The van der Waals surface area contributed by atoms with Crippen molar-refractivity contribution in [1.82, 2.24) is 0 Å². The highest BCUT2D eigenvalue weighted by molar-refractivity contribution is 7.16. The van der Waals surface area contributed by atoms with E-state index in [1.165, 1.54) is 32.4 Å². The van der Waals surface area contributed by atoms with Gasteiger partial charge in [0, 0.05) is 0 Å². The fraction of sp³-hybridized carbons (Fsp3) is 0.125. The summed E-state index contributed by atoms with van der Waals surface area (Å²) < 4.78 is 10.3. The SMILES string of the molecule is COc1cc(C=CC(=O)c2ccc(C(=O)O)s2)cc(Cl)c1OC. The van der Waals surface area contributed by atoms with Crippen molar-refractivity contribution in [3.63, 3.8) is 0 Å². The van der Waals surface area contributed by atoms with Gasteiger partial charge in [0.15, 0.2) is 17.3 Å². The molecule has 0 bridgehead atoms. The Kier molecular flexibility index (Phi) is 5.41. The molecule has 23 heavy (non-hydrogen) atoms. The molecule has 2 rings (SSSR count). The van der Waals surface area contributed by atoms with E-state index < -0.39 is 5.97 Å². The lowest BCUT2D eigenvalue weighted by molar-refractivity contribution is 0.0702. The summed E-state index contributed by atoms with van der Waals surface area (Å²) in [6.45, 7) is 0. The first-order valence-corrected chi connectivity index (χ1v) is 7.62. The number of halogens is 1. The maximum Gasteiger partial charge on any atom is 0.345 e. The van der Waals surface area contributed by atoms with Crippen molar-refractivity contribution in [2.24, 2.45) is 0 Å². The summed E-state index contributed by atoms with van der Waals surface area (Å²) >= 11 is 7.03. The fourth-order valence-electron chi connectivity index (χ4n) is 1.87. The van der Waals surface area contributed by atoms with E-state index in [1.807, 2.05) is 0 Å². The van der Waals surface area contributed by atoms with Crippen molar-refractivity contribution in [2.75, 3.05) is 14.2 Å². The molecule has 5 nitrogen and oxygen atoms in total. The standard InChI is InChI=1S/C16H13ClO5S/c1-21-12-8-9(7-10(17)15(12)22-2)3-4-11(18)13-5-6-14(23-13)16(19)20/h3-8H,1-2H3,(H,19,20). The average molecular weight is 353 g/mol. The summed E-state index contributed by atoms with van der Waals surface area (Å²) in [5, 5.41) is 9.23. The van der Waals surface area contributed by atoms with Crippen molar-refractivity contribution < 1.29 is 24.2 Å². The van der Waals surface area contributed by atoms with Crippen molar-refractivity contribution in [3.8, 4) is 11.5 Å². The zero-order chi connectivity index (χ0) is 17.0. The lowest BCUT2D eigenvalue weighted by atomic mass is 10.1. The molecule has 1 aromatic carbocycles. The Morgan fingerprint density at radius 1 is 1.17 bits per heavy atom. The van der Waals surface area contributed by atoms with Gasteiger partial charge in [-0.3, -0.25) is 4.79 Å². The third-order valence-corrected chi connectivity index (χ3v) is 4.31. The lowest BCUT2D eigenvalue weighted by Crippen LogP contribution is -1.93. The molecule has 2 aromatic rings. The van der Waals surface area contributed by atoms with E-state index in [9.17, 15) is 9.59 Å². The molecule has 0 amide bonds. The number of rotatable bonds is 6. The van der Waals surface area contributed by atoms with Crippen LogP contribution in [0.25, 0.3) is 6.08 Å². The topological polar surface area (TPSA) is 72.8 Å². The fourth-order valence-corrected chi connectivity index (χ4v) is 2.93. The van der Waals surface area contributed by atoms with Gasteiger partial charge in [-0.05, 0) is 35.9 Å². The number of methoxy groups -OCH3 is 2. The summed E-state index contributed by atoms with van der Waals surface area (Å²) in [4.78, 5) is 23.4. The van der Waals surface area contributed by atoms with Crippen LogP contribution in [0.2, 0.25) is 5.02 Å². The number of hydrogen-bond acceptors (Lipinski definition) is 5. The van der Waals surface area contributed by atoms with Crippen LogP contribution < -0.4 is 9.47 Å². The van der Waals surface area contributed by atoms with Crippen LogP contribution in [0.15, 0.2) is 30.3 Å². The van der Waals surface area contributed by atoms with Gasteiger partial charge in [0.2, 0.25) is 0 Å². The van der Waals surface area contributed by atoms with Crippen LogP contribution in [0.3, 0.4) is 0 Å². The number of carbonyl (C=O) groups is 2. The molecule has 0 fully saturated rings. The van der Waals surface area contributed by atoms with Gasteiger partial charge >= 0.3 is 5.97 Å². The van der Waals surface area contributed by atoms with E-state index >= 15 is 0 Å². The van der Waals surface area contributed by atoms with Crippen molar-refractivity contribution in [3.05, 3.63) is 50.7 Å². The lowest BCUT2D eigenvalue weighted by Gasteiger charge is -2.10. The molecule has 0 aliphatic heterocycles. The minimum atomic E-state index is -1.05. The Bertz CT molecular complexity index is 779. The smallest absolute Gasteiger partial charge is 0.345 e. The molecule has 1 aromatic heterocycles. The van der Waals surface area contributed by atoms with Crippen LogP contribution >= 0.6 is 22.9 Å². The second-order valence-corrected chi connectivity index (χ2v) is 5.90. The van der Waals surface area contributed by atoms with Crippen molar-refractivity contribution in [2.45, 2.75) is 0 Å². The number of carbonyl (C=O) groups excluding carboxylic acids is 1. The number of ether oxygens (including phenoxy) is 2. The maximum absolute atomic E-state index is 12.1. The Morgan fingerprint density at radius 2 is 1.87 bits per heavy atom. The van der Waals surface area contributed by atoms with E-state index in [2.05, 4.69) is 0 Å². The van der Waals surface area contributed by atoms with Crippen LogP contribution in [0, 0.1) is 0 Å². The van der Waals surface area contributed by atoms with E-state index in [0.717, 1.165) is 11.3 Å². The van der Waals surface area contributed by atoms with E-state index in [0.29, 0.717) is 27.0 Å². The molecule has 0 saturated heterocycles. The molecule has 1 heterocycles. The van der Waals surface area contributed by atoms with Crippen LogP contribution in [0.1, 0.15) is 24.9 Å². The zero-order valence-electron chi connectivity index (χ0n) is 12.3. The number of carboxylic acids is 1. The number of ketones is 1. The highest BCUT2D eigenvalue weighted by Crippen LogP contribution is 2.36. The molecule has 0 unspecified atom stereocenters. The van der Waals surface area contributed by atoms with Gasteiger partial charge in [0.1, 0.15) is 4.88 Å². The molecule has 0 saturated carbocycles. The van der Waals surface area contributed by atoms with Gasteiger partial charge < -0.3 is 14.6 Å². The highest BCUT2D eigenvalue weighted by atomic mass is 35.5. The van der Waals surface area contributed by atoms with E-state index in [-0.39, 0.29) is 10.7 Å². The van der Waals surface area contributed by atoms with Crippen LogP contribution in [-0.4, -0.2) is 31.1 Å².